The Morgan fingerprint density at radius 3 is 2.58 bits per heavy atom. The van der Waals surface area contributed by atoms with Crippen molar-refractivity contribution < 1.29 is 5.11 Å². The summed E-state index contributed by atoms with van der Waals surface area (Å²) in [6.45, 7) is 6.31. The molecule has 1 nitrogen and oxygen atoms in total. The van der Waals surface area contributed by atoms with Gasteiger partial charge in [0.1, 0.15) is 0 Å². The molecule has 1 heteroatoms. The molecule has 0 heterocycles. The van der Waals surface area contributed by atoms with Crippen LogP contribution in [0.3, 0.4) is 0 Å². The molecule has 0 saturated carbocycles. The highest BCUT2D eigenvalue weighted by Crippen LogP contribution is 2.37. The van der Waals surface area contributed by atoms with Gasteiger partial charge in [-0.05, 0) is 45.1 Å². The van der Waals surface area contributed by atoms with E-state index in [1.54, 1.807) is 0 Å². The van der Waals surface area contributed by atoms with E-state index in [1.165, 1.54) is 24.0 Å². The smallest absolute Gasteiger partial charge is 0.0834 e. The fraction of sp³-hybridized carbons (Fsp3) is 0.818. The van der Waals surface area contributed by atoms with Gasteiger partial charge in [0.2, 0.25) is 0 Å². The molecule has 0 radical (unpaired) electrons. The van der Waals surface area contributed by atoms with Crippen molar-refractivity contribution in [1.29, 1.82) is 0 Å². The van der Waals surface area contributed by atoms with Crippen molar-refractivity contribution in [3.05, 3.63) is 11.1 Å². The Labute approximate surface area is 75.5 Å². The van der Waals surface area contributed by atoms with Gasteiger partial charge in [-0.15, -0.1) is 0 Å². The summed E-state index contributed by atoms with van der Waals surface area (Å²) in [6, 6.07) is 0. The SMILES string of the molecule is CCCCC1=C(C)CCC1(C)O. The number of rotatable bonds is 3. The van der Waals surface area contributed by atoms with Crippen LogP contribution in [0.15, 0.2) is 11.1 Å². The van der Waals surface area contributed by atoms with Crippen LogP contribution in [0.4, 0.5) is 0 Å². The van der Waals surface area contributed by atoms with E-state index in [0.29, 0.717) is 0 Å². The van der Waals surface area contributed by atoms with E-state index in [2.05, 4.69) is 13.8 Å². The largest absolute Gasteiger partial charge is 0.386 e. The number of allylic oxidation sites excluding steroid dienone is 1. The zero-order valence-corrected chi connectivity index (χ0v) is 8.48. The lowest BCUT2D eigenvalue weighted by Gasteiger charge is -2.21. The Morgan fingerprint density at radius 2 is 2.17 bits per heavy atom. The van der Waals surface area contributed by atoms with Crippen molar-refractivity contribution in [2.75, 3.05) is 0 Å². The molecule has 12 heavy (non-hydrogen) atoms. The number of unbranched alkanes of at least 4 members (excludes halogenated alkanes) is 1. The van der Waals surface area contributed by atoms with Gasteiger partial charge in [-0.1, -0.05) is 18.9 Å². The maximum Gasteiger partial charge on any atom is 0.0834 e. The first kappa shape index (κ1) is 9.79. The maximum atomic E-state index is 9.99. The van der Waals surface area contributed by atoms with Crippen LogP contribution < -0.4 is 0 Å². The lowest BCUT2D eigenvalue weighted by atomic mass is 9.93. The molecule has 1 aliphatic carbocycles. The van der Waals surface area contributed by atoms with Gasteiger partial charge in [-0.25, -0.2) is 0 Å². The number of hydrogen-bond acceptors (Lipinski definition) is 1. The molecule has 0 aliphatic heterocycles. The minimum Gasteiger partial charge on any atom is -0.386 e. The van der Waals surface area contributed by atoms with Crippen LogP contribution in [0, 0.1) is 0 Å². The summed E-state index contributed by atoms with van der Waals surface area (Å²) in [5.41, 5.74) is 2.25. The van der Waals surface area contributed by atoms with E-state index in [0.717, 1.165) is 19.3 Å². The average molecular weight is 168 g/mol. The van der Waals surface area contributed by atoms with Gasteiger partial charge >= 0.3 is 0 Å². The Hall–Kier alpha value is -0.300. The van der Waals surface area contributed by atoms with Gasteiger partial charge in [0, 0.05) is 0 Å². The zero-order chi connectivity index (χ0) is 9.19. The molecule has 70 valence electrons. The summed E-state index contributed by atoms with van der Waals surface area (Å²) in [5, 5.41) is 9.99. The molecule has 0 aromatic rings. The summed E-state index contributed by atoms with van der Waals surface area (Å²) in [5.74, 6) is 0. The lowest BCUT2D eigenvalue weighted by Crippen LogP contribution is -2.22. The van der Waals surface area contributed by atoms with Crippen molar-refractivity contribution in [1.82, 2.24) is 0 Å². The summed E-state index contributed by atoms with van der Waals surface area (Å²) >= 11 is 0. The van der Waals surface area contributed by atoms with Crippen molar-refractivity contribution >= 4 is 0 Å². The van der Waals surface area contributed by atoms with Gasteiger partial charge in [0.15, 0.2) is 0 Å². The highest BCUT2D eigenvalue weighted by Gasteiger charge is 2.31. The van der Waals surface area contributed by atoms with E-state index in [9.17, 15) is 5.11 Å². The first-order chi connectivity index (χ1) is 5.58. The number of hydrogen-bond donors (Lipinski definition) is 1. The van der Waals surface area contributed by atoms with Crippen LogP contribution in [0.1, 0.15) is 52.9 Å². The van der Waals surface area contributed by atoms with Crippen molar-refractivity contribution in [3.8, 4) is 0 Å². The van der Waals surface area contributed by atoms with Crippen LogP contribution in [-0.4, -0.2) is 10.7 Å². The second-order valence-corrected chi connectivity index (χ2v) is 4.14. The first-order valence-electron chi connectivity index (χ1n) is 4.99. The second-order valence-electron chi connectivity index (χ2n) is 4.14. The fourth-order valence-corrected chi connectivity index (χ4v) is 2.03. The Morgan fingerprint density at radius 1 is 1.50 bits per heavy atom. The molecule has 1 aliphatic rings. The molecule has 1 N–H and O–H groups in total. The molecule has 1 atom stereocenters. The maximum absolute atomic E-state index is 9.99. The van der Waals surface area contributed by atoms with Crippen LogP contribution >= 0.6 is 0 Å². The van der Waals surface area contributed by atoms with E-state index in [4.69, 9.17) is 0 Å². The number of aliphatic hydroxyl groups is 1. The Kier molecular flexibility index (Phi) is 2.94. The summed E-state index contributed by atoms with van der Waals surface area (Å²) in [4.78, 5) is 0. The third-order valence-corrected chi connectivity index (χ3v) is 2.93. The normalized spacial score (nSPS) is 30.0. The monoisotopic (exact) mass is 168 g/mol. The Balaban J connectivity index is 2.63. The quantitative estimate of drug-likeness (QED) is 0.642. The van der Waals surface area contributed by atoms with Crippen LogP contribution in [0.2, 0.25) is 0 Å². The third-order valence-electron chi connectivity index (χ3n) is 2.93. The van der Waals surface area contributed by atoms with Gasteiger partial charge in [0.05, 0.1) is 5.60 Å². The summed E-state index contributed by atoms with van der Waals surface area (Å²) < 4.78 is 0. The van der Waals surface area contributed by atoms with E-state index in [1.807, 2.05) is 6.92 Å². The molecule has 0 aromatic heterocycles. The molecule has 0 amide bonds. The molecule has 0 bridgehead atoms. The molecule has 0 saturated heterocycles. The van der Waals surface area contributed by atoms with E-state index in [-0.39, 0.29) is 0 Å². The lowest BCUT2D eigenvalue weighted by molar-refractivity contribution is 0.0960. The van der Waals surface area contributed by atoms with E-state index >= 15 is 0 Å². The van der Waals surface area contributed by atoms with E-state index < -0.39 is 5.60 Å². The molecule has 1 unspecified atom stereocenters. The molecule has 1 rings (SSSR count). The molecule has 0 fully saturated rings. The van der Waals surface area contributed by atoms with Crippen LogP contribution in [-0.2, 0) is 0 Å². The predicted octanol–water partition coefficient (Wildman–Crippen LogP) is 3.04. The second kappa shape index (κ2) is 3.61. The molecular weight excluding hydrogens is 148 g/mol. The fourth-order valence-electron chi connectivity index (χ4n) is 2.03. The highest BCUT2D eigenvalue weighted by molar-refractivity contribution is 5.27. The molecule has 0 spiro atoms. The molecule has 0 aromatic carbocycles. The van der Waals surface area contributed by atoms with Crippen molar-refractivity contribution in [2.24, 2.45) is 0 Å². The van der Waals surface area contributed by atoms with Gasteiger partial charge in [-0.3, -0.25) is 0 Å². The molecular formula is C11H20O. The average Bonchev–Trinajstić information content (AvgIpc) is 2.24. The van der Waals surface area contributed by atoms with Crippen LogP contribution in [0.25, 0.3) is 0 Å². The van der Waals surface area contributed by atoms with Crippen molar-refractivity contribution in [3.63, 3.8) is 0 Å². The van der Waals surface area contributed by atoms with Gasteiger partial charge < -0.3 is 5.11 Å². The minimum absolute atomic E-state index is 0.487. The minimum atomic E-state index is -0.487. The van der Waals surface area contributed by atoms with Gasteiger partial charge in [0.25, 0.3) is 0 Å². The predicted molar refractivity (Wildman–Crippen MR) is 52.1 cm³/mol. The topological polar surface area (TPSA) is 20.2 Å². The summed E-state index contributed by atoms with van der Waals surface area (Å²) in [7, 11) is 0. The third kappa shape index (κ3) is 1.89. The Bertz CT molecular complexity index is 189. The van der Waals surface area contributed by atoms with Crippen LogP contribution in [0.5, 0.6) is 0 Å². The summed E-state index contributed by atoms with van der Waals surface area (Å²) in [6.07, 6.45) is 5.54. The van der Waals surface area contributed by atoms with Gasteiger partial charge in [-0.2, -0.15) is 0 Å². The standard InChI is InChI=1S/C11H20O/c1-4-5-6-10-9(2)7-8-11(10,3)12/h12H,4-8H2,1-3H3. The first-order valence-corrected chi connectivity index (χ1v) is 4.99. The highest BCUT2D eigenvalue weighted by atomic mass is 16.3. The zero-order valence-electron chi connectivity index (χ0n) is 8.48. The van der Waals surface area contributed by atoms with Crippen molar-refractivity contribution in [2.45, 2.75) is 58.5 Å².